The van der Waals surface area contributed by atoms with Gasteiger partial charge in [-0.05, 0) is 30.3 Å². The predicted molar refractivity (Wildman–Crippen MR) is 79.2 cm³/mol. The number of ether oxygens (including phenoxy) is 1. The summed E-state index contributed by atoms with van der Waals surface area (Å²) >= 11 is 5.82. The van der Waals surface area contributed by atoms with E-state index in [9.17, 15) is 28.1 Å². The summed E-state index contributed by atoms with van der Waals surface area (Å²) < 4.78 is 39.9. The molecular formula is C14H8ClF3N2O4. The van der Waals surface area contributed by atoms with Gasteiger partial charge in [-0.3, -0.25) is 14.9 Å². The van der Waals surface area contributed by atoms with Crippen LogP contribution in [0.1, 0.15) is 10.4 Å². The number of alkyl halides is 3. The second-order valence-corrected chi connectivity index (χ2v) is 4.85. The summed E-state index contributed by atoms with van der Waals surface area (Å²) in [4.78, 5) is 22.0. The Kier molecular flexibility index (Phi) is 4.93. The van der Waals surface area contributed by atoms with E-state index in [4.69, 9.17) is 11.6 Å². The largest absolute Gasteiger partial charge is 0.573 e. The molecule has 10 heteroatoms. The van der Waals surface area contributed by atoms with E-state index in [1.165, 1.54) is 18.2 Å². The van der Waals surface area contributed by atoms with Crippen LogP contribution in [0, 0.1) is 10.1 Å². The van der Waals surface area contributed by atoms with Crippen molar-refractivity contribution in [2.24, 2.45) is 0 Å². The van der Waals surface area contributed by atoms with Crippen LogP contribution in [0.3, 0.4) is 0 Å². The molecule has 6 nitrogen and oxygen atoms in total. The third-order valence-corrected chi connectivity index (χ3v) is 3.07. The van der Waals surface area contributed by atoms with Crippen LogP contribution in [0.2, 0.25) is 5.02 Å². The fourth-order valence-electron chi connectivity index (χ4n) is 1.74. The van der Waals surface area contributed by atoms with E-state index in [0.717, 1.165) is 24.3 Å². The summed E-state index contributed by atoms with van der Waals surface area (Å²) in [5, 5.41) is 12.9. The number of nitro groups is 1. The first-order chi connectivity index (χ1) is 11.2. The number of nitrogens with one attached hydrogen (secondary N) is 1. The van der Waals surface area contributed by atoms with Crippen molar-refractivity contribution in [1.29, 1.82) is 0 Å². The first-order valence-electron chi connectivity index (χ1n) is 6.27. The van der Waals surface area contributed by atoms with Crippen molar-refractivity contribution in [2.45, 2.75) is 6.36 Å². The van der Waals surface area contributed by atoms with Gasteiger partial charge < -0.3 is 10.1 Å². The maximum Gasteiger partial charge on any atom is 0.573 e. The minimum absolute atomic E-state index is 0.0158. The SMILES string of the molecule is O=C(Nc1ccc(OC(F)(F)F)cc1)c1ccc([N+](=O)[O-])cc1Cl. The van der Waals surface area contributed by atoms with Crippen molar-refractivity contribution in [3.63, 3.8) is 0 Å². The lowest BCUT2D eigenvalue weighted by molar-refractivity contribution is -0.384. The van der Waals surface area contributed by atoms with Gasteiger partial charge in [0.25, 0.3) is 11.6 Å². The number of carbonyl (C=O) groups is 1. The Morgan fingerprint density at radius 1 is 1.17 bits per heavy atom. The molecule has 0 aromatic heterocycles. The normalized spacial score (nSPS) is 11.0. The summed E-state index contributed by atoms with van der Waals surface area (Å²) in [5.41, 5.74) is -0.0907. The minimum atomic E-state index is -4.81. The number of carbonyl (C=O) groups excluding carboxylic acids is 1. The maximum absolute atomic E-state index is 12.1. The number of nitro benzene ring substituents is 1. The number of amides is 1. The zero-order valence-electron chi connectivity index (χ0n) is 11.6. The summed E-state index contributed by atoms with van der Waals surface area (Å²) in [6, 6.07) is 7.78. The van der Waals surface area contributed by atoms with Gasteiger partial charge in [0.2, 0.25) is 0 Å². The van der Waals surface area contributed by atoms with Crippen LogP contribution in [0.5, 0.6) is 5.75 Å². The number of anilines is 1. The van der Waals surface area contributed by atoms with Crippen LogP contribution in [0.15, 0.2) is 42.5 Å². The molecule has 0 aliphatic carbocycles. The highest BCUT2D eigenvalue weighted by Gasteiger charge is 2.31. The van der Waals surface area contributed by atoms with E-state index in [1.807, 2.05) is 0 Å². The second-order valence-electron chi connectivity index (χ2n) is 4.45. The first kappa shape index (κ1) is 17.5. The Balaban J connectivity index is 2.11. The van der Waals surface area contributed by atoms with Crippen LogP contribution < -0.4 is 10.1 Å². The standard InChI is InChI=1S/C14H8ClF3N2O4/c15-12-7-9(20(22)23)3-6-11(12)13(21)19-8-1-4-10(5-2-8)24-14(16,17)18/h1-7H,(H,19,21). The number of hydrogen-bond donors (Lipinski definition) is 1. The first-order valence-corrected chi connectivity index (χ1v) is 6.64. The molecule has 0 aliphatic heterocycles. The number of hydrogen-bond acceptors (Lipinski definition) is 4. The molecule has 126 valence electrons. The van der Waals surface area contributed by atoms with Crippen LogP contribution in [0.4, 0.5) is 24.5 Å². The molecule has 24 heavy (non-hydrogen) atoms. The van der Waals surface area contributed by atoms with Gasteiger partial charge in [0, 0.05) is 17.8 Å². The molecule has 0 spiro atoms. The molecule has 0 radical (unpaired) electrons. The molecule has 2 rings (SSSR count). The molecule has 2 aromatic carbocycles. The molecule has 0 unspecified atom stereocenters. The lowest BCUT2D eigenvalue weighted by Crippen LogP contribution is -2.17. The monoisotopic (exact) mass is 360 g/mol. The molecule has 0 fully saturated rings. The fraction of sp³-hybridized carbons (Fsp3) is 0.0714. The fourth-order valence-corrected chi connectivity index (χ4v) is 2.00. The smallest absolute Gasteiger partial charge is 0.406 e. The highest BCUT2D eigenvalue weighted by Crippen LogP contribution is 2.26. The highest BCUT2D eigenvalue weighted by atomic mass is 35.5. The Morgan fingerprint density at radius 3 is 2.29 bits per heavy atom. The van der Waals surface area contributed by atoms with E-state index in [2.05, 4.69) is 10.1 Å². The zero-order chi connectivity index (χ0) is 17.9. The van der Waals surface area contributed by atoms with E-state index < -0.39 is 22.9 Å². The third-order valence-electron chi connectivity index (χ3n) is 2.75. The molecule has 0 bridgehead atoms. The number of non-ortho nitro benzene ring substituents is 1. The van der Waals surface area contributed by atoms with Gasteiger partial charge in [-0.25, -0.2) is 0 Å². The van der Waals surface area contributed by atoms with Crippen molar-refractivity contribution < 1.29 is 27.6 Å². The number of benzene rings is 2. The van der Waals surface area contributed by atoms with Crippen molar-refractivity contribution >= 4 is 28.9 Å². The van der Waals surface area contributed by atoms with Crippen LogP contribution >= 0.6 is 11.6 Å². The van der Waals surface area contributed by atoms with Gasteiger partial charge in [0.1, 0.15) is 5.75 Å². The van der Waals surface area contributed by atoms with Crippen LogP contribution in [0.25, 0.3) is 0 Å². The molecule has 0 heterocycles. The molecule has 0 saturated carbocycles. The average molecular weight is 361 g/mol. The van der Waals surface area contributed by atoms with Crippen molar-refractivity contribution in [3.05, 3.63) is 63.2 Å². The number of rotatable bonds is 4. The molecule has 1 N–H and O–H groups in total. The Labute approximate surface area is 137 Å². The molecule has 0 saturated heterocycles. The zero-order valence-corrected chi connectivity index (χ0v) is 12.4. The second kappa shape index (κ2) is 6.75. The maximum atomic E-state index is 12.1. The Morgan fingerprint density at radius 2 is 1.79 bits per heavy atom. The summed E-state index contributed by atoms with van der Waals surface area (Å²) in [7, 11) is 0. The van der Waals surface area contributed by atoms with Crippen LogP contribution in [-0.4, -0.2) is 17.2 Å². The third kappa shape index (κ3) is 4.59. The lowest BCUT2D eigenvalue weighted by atomic mass is 10.2. The van der Waals surface area contributed by atoms with E-state index in [-0.39, 0.29) is 22.0 Å². The van der Waals surface area contributed by atoms with Gasteiger partial charge in [0.15, 0.2) is 0 Å². The lowest BCUT2D eigenvalue weighted by Gasteiger charge is -2.10. The Hall–Kier alpha value is -2.81. The van der Waals surface area contributed by atoms with Crippen molar-refractivity contribution in [3.8, 4) is 5.75 Å². The summed E-state index contributed by atoms with van der Waals surface area (Å²) in [5.74, 6) is -1.10. The average Bonchev–Trinajstić information content (AvgIpc) is 2.47. The predicted octanol–water partition coefficient (Wildman–Crippen LogP) is 4.40. The summed E-state index contributed by atoms with van der Waals surface area (Å²) in [6.45, 7) is 0. The van der Waals surface area contributed by atoms with Gasteiger partial charge in [-0.2, -0.15) is 0 Å². The number of nitrogens with zero attached hydrogens (tertiary/aromatic N) is 1. The highest BCUT2D eigenvalue weighted by molar-refractivity contribution is 6.34. The van der Waals surface area contributed by atoms with Crippen molar-refractivity contribution in [1.82, 2.24) is 0 Å². The Bertz CT molecular complexity index is 779. The molecular weight excluding hydrogens is 353 g/mol. The topological polar surface area (TPSA) is 81.5 Å². The van der Waals surface area contributed by atoms with Gasteiger partial charge in [0.05, 0.1) is 15.5 Å². The van der Waals surface area contributed by atoms with Gasteiger partial charge >= 0.3 is 6.36 Å². The van der Waals surface area contributed by atoms with Crippen LogP contribution in [-0.2, 0) is 0 Å². The molecule has 0 aliphatic rings. The molecule has 2 aromatic rings. The quantitative estimate of drug-likeness (QED) is 0.647. The molecule has 1 amide bonds. The van der Waals surface area contributed by atoms with E-state index in [1.54, 1.807) is 0 Å². The minimum Gasteiger partial charge on any atom is -0.406 e. The van der Waals surface area contributed by atoms with Gasteiger partial charge in [-0.1, -0.05) is 11.6 Å². The van der Waals surface area contributed by atoms with Crippen molar-refractivity contribution in [2.75, 3.05) is 5.32 Å². The van der Waals surface area contributed by atoms with E-state index in [0.29, 0.717) is 0 Å². The van der Waals surface area contributed by atoms with E-state index >= 15 is 0 Å². The number of halogens is 4. The van der Waals surface area contributed by atoms with Gasteiger partial charge in [-0.15, -0.1) is 13.2 Å². The molecule has 0 atom stereocenters. The summed E-state index contributed by atoms with van der Waals surface area (Å²) in [6.07, 6.45) is -4.81.